The number of carbonyl (C=O) groups excluding carboxylic acids is 2. The van der Waals surface area contributed by atoms with Crippen LogP contribution in [0.2, 0.25) is 0 Å². The number of aromatic nitrogens is 3. The SMILES string of the molecule is CC(C)(C)OC(=O)N[C@H](c1cn2ncc([C@H](N3C[C@@H](C(F)(F)F)NC3=O)C3(C#N)CCC3)cc2n1)C1CCC(F)(F)CC1. The predicted octanol–water partition coefficient (Wildman–Crippen LogP) is 5.81. The van der Waals surface area contributed by atoms with E-state index in [0.29, 0.717) is 30.5 Å². The van der Waals surface area contributed by atoms with Crippen LogP contribution in [0.15, 0.2) is 18.5 Å². The van der Waals surface area contributed by atoms with E-state index in [1.54, 1.807) is 33.0 Å². The van der Waals surface area contributed by atoms with Crippen molar-refractivity contribution in [3.05, 3.63) is 29.7 Å². The van der Waals surface area contributed by atoms with Crippen molar-refractivity contribution in [1.29, 1.82) is 5.26 Å². The first-order valence-electron chi connectivity index (χ1n) is 14.3. The summed E-state index contributed by atoms with van der Waals surface area (Å²) in [5, 5.41) is 19.2. The molecule has 3 aliphatic rings. The van der Waals surface area contributed by atoms with Crippen LogP contribution in [-0.4, -0.2) is 61.9 Å². The zero-order valence-electron chi connectivity index (χ0n) is 24.0. The van der Waals surface area contributed by atoms with Crippen molar-refractivity contribution in [1.82, 2.24) is 30.1 Å². The maximum Gasteiger partial charge on any atom is 0.410 e. The third-order valence-electron chi connectivity index (χ3n) is 8.54. The number of halogens is 5. The molecule has 0 bridgehead atoms. The predicted molar refractivity (Wildman–Crippen MR) is 142 cm³/mol. The second kappa shape index (κ2) is 10.8. The first kappa shape index (κ1) is 30.7. The molecule has 2 aromatic rings. The van der Waals surface area contributed by atoms with Crippen molar-refractivity contribution in [3.8, 4) is 6.07 Å². The molecule has 2 aromatic heterocycles. The van der Waals surface area contributed by atoms with Crippen molar-refractivity contribution in [2.75, 3.05) is 6.54 Å². The van der Waals surface area contributed by atoms with E-state index in [1.165, 1.54) is 10.7 Å². The Labute approximate surface area is 244 Å². The minimum atomic E-state index is -4.66. The molecule has 234 valence electrons. The third kappa shape index (κ3) is 6.33. The van der Waals surface area contributed by atoms with Gasteiger partial charge in [-0.1, -0.05) is 6.42 Å². The molecule has 43 heavy (non-hydrogen) atoms. The molecule has 10 nitrogen and oxygen atoms in total. The summed E-state index contributed by atoms with van der Waals surface area (Å²) in [5.74, 6) is -3.16. The number of alkyl halides is 5. The molecule has 0 unspecified atom stereocenters. The highest BCUT2D eigenvalue weighted by Crippen LogP contribution is 2.53. The minimum Gasteiger partial charge on any atom is -0.444 e. The summed E-state index contributed by atoms with van der Waals surface area (Å²) in [6.07, 6.45) is -1.38. The van der Waals surface area contributed by atoms with Crippen molar-refractivity contribution in [3.63, 3.8) is 0 Å². The number of nitrogens with one attached hydrogen (secondary N) is 2. The van der Waals surface area contributed by atoms with E-state index in [1.807, 2.05) is 5.32 Å². The molecule has 3 fully saturated rings. The molecule has 3 heterocycles. The highest BCUT2D eigenvalue weighted by atomic mass is 19.4. The number of hydrogen-bond acceptors (Lipinski definition) is 6. The zero-order chi connectivity index (χ0) is 31.4. The highest BCUT2D eigenvalue weighted by Gasteiger charge is 2.55. The maximum absolute atomic E-state index is 14.0. The highest BCUT2D eigenvalue weighted by molar-refractivity contribution is 5.78. The number of carbonyl (C=O) groups is 2. The smallest absolute Gasteiger partial charge is 0.410 e. The third-order valence-corrected chi connectivity index (χ3v) is 8.54. The fourth-order valence-electron chi connectivity index (χ4n) is 6.24. The molecule has 15 heteroatoms. The average molecular weight is 612 g/mol. The summed E-state index contributed by atoms with van der Waals surface area (Å²) in [5.41, 5.74) is -0.950. The van der Waals surface area contributed by atoms with Crippen LogP contribution in [-0.2, 0) is 4.74 Å². The van der Waals surface area contributed by atoms with Crippen molar-refractivity contribution in [2.24, 2.45) is 11.3 Å². The normalized spacial score (nSPS) is 23.7. The van der Waals surface area contributed by atoms with Gasteiger partial charge < -0.3 is 20.3 Å². The number of nitrogens with zero attached hydrogens (tertiary/aromatic N) is 5. The number of fused-ring (bicyclic) bond motifs is 1. The van der Waals surface area contributed by atoms with Crippen LogP contribution < -0.4 is 10.6 Å². The second-order valence-electron chi connectivity index (χ2n) is 12.8. The molecule has 3 amide bonds. The molecule has 3 atom stereocenters. The number of ether oxygens (including phenoxy) is 1. The fourth-order valence-corrected chi connectivity index (χ4v) is 6.24. The molecule has 0 spiro atoms. The van der Waals surface area contributed by atoms with E-state index in [2.05, 4.69) is 21.5 Å². The monoisotopic (exact) mass is 611 g/mol. The van der Waals surface area contributed by atoms with E-state index < -0.39 is 59.9 Å². The Bertz CT molecular complexity index is 1420. The Morgan fingerprint density at radius 2 is 1.88 bits per heavy atom. The molecule has 2 N–H and O–H groups in total. The van der Waals surface area contributed by atoms with Crippen LogP contribution in [0.25, 0.3) is 5.65 Å². The van der Waals surface area contributed by atoms with Crippen LogP contribution >= 0.6 is 0 Å². The maximum atomic E-state index is 14.0. The van der Waals surface area contributed by atoms with Gasteiger partial charge in [0.05, 0.1) is 48.2 Å². The topological polar surface area (TPSA) is 125 Å². The minimum absolute atomic E-state index is 0.136. The van der Waals surface area contributed by atoms with Gasteiger partial charge in [-0.05, 0) is 58.4 Å². The number of nitriles is 1. The number of alkyl carbamates (subject to hydrolysis) is 1. The van der Waals surface area contributed by atoms with Gasteiger partial charge in [0.1, 0.15) is 11.6 Å². The van der Waals surface area contributed by atoms with Gasteiger partial charge in [-0.15, -0.1) is 0 Å². The zero-order valence-corrected chi connectivity index (χ0v) is 24.0. The molecule has 2 aliphatic carbocycles. The molecule has 0 aromatic carbocycles. The van der Waals surface area contributed by atoms with E-state index in [9.17, 15) is 36.8 Å². The van der Waals surface area contributed by atoms with Crippen LogP contribution in [0.1, 0.15) is 89.1 Å². The Kier molecular flexibility index (Phi) is 7.71. The number of urea groups is 1. The molecular formula is C28H34F5N7O3. The van der Waals surface area contributed by atoms with Crippen LogP contribution in [0.5, 0.6) is 0 Å². The average Bonchev–Trinajstić information content (AvgIpc) is 3.47. The lowest BCUT2D eigenvalue weighted by molar-refractivity contribution is -0.150. The van der Waals surface area contributed by atoms with Gasteiger partial charge in [-0.2, -0.15) is 23.5 Å². The van der Waals surface area contributed by atoms with Crippen molar-refractivity contribution < 1.29 is 36.3 Å². The summed E-state index contributed by atoms with van der Waals surface area (Å²) in [6.45, 7) is 4.44. The number of imidazole rings is 1. The number of amides is 3. The summed E-state index contributed by atoms with van der Waals surface area (Å²) in [4.78, 5) is 31.2. The van der Waals surface area contributed by atoms with E-state index in [4.69, 9.17) is 4.74 Å². The Morgan fingerprint density at radius 3 is 2.42 bits per heavy atom. The first-order valence-corrected chi connectivity index (χ1v) is 14.3. The number of hydrogen-bond donors (Lipinski definition) is 2. The van der Waals surface area contributed by atoms with E-state index in [-0.39, 0.29) is 37.2 Å². The van der Waals surface area contributed by atoms with E-state index in [0.717, 1.165) is 4.90 Å². The fraction of sp³-hybridized carbons (Fsp3) is 0.679. The molecule has 0 radical (unpaired) electrons. The number of rotatable bonds is 6. The molecule has 1 saturated heterocycles. The van der Waals surface area contributed by atoms with E-state index >= 15 is 0 Å². The van der Waals surface area contributed by atoms with Gasteiger partial charge in [0, 0.05) is 18.4 Å². The van der Waals surface area contributed by atoms with Gasteiger partial charge in [0.2, 0.25) is 5.92 Å². The first-order chi connectivity index (χ1) is 20.0. The van der Waals surface area contributed by atoms with Gasteiger partial charge in [0.15, 0.2) is 5.65 Å². The Morgan fingerprint density at radius 1 is 1.21 bits per heavy atom. The Hall–Kier alpha value is -3.70. The van der Waals surface area contributed by atoms with Gasteiger partial charge in [-0.25, -0.2) is 27.9 Å². The van der Waals surface area contributed by atoms with Crippen molar-refractivity contribution in [2.45, 2.75) is 102 Å². The Balaban J connectivity index is 1.49. The largest absolute Gasteiger partial charge is 0.444 e. The second-order valence-corrected chi connectivity index (χ2v) is 12.8. The quantitative estimate of drug-likeness (QED) is 0.397. The van der Waals surface area contributed by atoms with Crippen molar-refractivity contribution >= 4 is 17.8 Å². The van der Waals surface area contributed by atoms with Crippen LogP contribution in [0.4, 0.5) is 31.5 Å². The molecular weight excluding hydrogens is 577 g/mol. The summed E-state index contributed by atoms with van der Waals surface area (Å²) < 4.78 is 75.2. The lowest BCUT2D eigenvalue weighted by atomic mass is 9.63. The molecule has 1 aliphatic heterocycles. The van der Waals surface area contributed by atoms with Crippen LogP contribution in [0, 0.1) is 22.7 Å². The summed E-state index contributed by atoms with van der Waals surface area (Å²) >= 11 is 0. The summed E-state index contributed by atoms with van der Waals surface area (Å²) in [6, 6.07) is -0.973. The van der Waals surface area contributed by atoms with Gasteiger partial charge in [-0.3, -0.25) is 0 Å². The standard InChI is InChI=1S/C28H34F5N7O3/c1-25(2,3)43-24(42)38-21(16-5-9-27(29,30)10-6-16)18-13-40-20(36-18)11-17(12-35-40)22(26(15-34)7-4-8-26)39-14-19(28(31,32)33)37-23(39)41/h11-13,16,19,21-22H,4-10,14H2,1-3H3,(H,37,41)(H,38,42)/t19-,21-,22-/m0/s1. The lowest BCUT2D eigenvalue weighted by Crippen LogP contribution is -2.46. The van der Waals surface area contributed by atoms with Gasteiger partial charge >= 0.3 is 18.3 Å². The molecule has 2 saturated carbocycles. The van der Waals surface area contributed by atoms with Crippen LogP contribution in [0.3, 0.4) is 0 Å². The summed E-state index contributed by atoms with van der Waals surface area (Å²) in [7, 11) is 0. The molecule has 5 rings (SSSR count). The lowest BCUT2D eigenvalue weighted by Gasteiger charge is -2.45. The van der Waals surface area contributed by atoms with Gasteiger partial charge in [0.25, 0.3) is 0 Å².